The number of fused-ring (bicyclic) bond motifs is 1. The number of nitrogens with one attached hydrogen (secondary N) is 2. The second-order valence-corrected chi connectivity index (χ2v) is 11.5. The van der Waals surface area contributed by atoms with Gasteiger partial charge in [-0.1, -0.05) is 12.1 Å². The lowest BCUT2D eigenvalue weighted by atomic mass is 9.96. The number of nitrogens with zero attached hydrogens (tertiary/aromatic N) is 7. The molecule has 1 aliphatic heterocycles. The van der Waals surface area contributed by atoms with Crippen molar-refractivity contribution in [3.63, 3.8) is 0 Å². The Labute approximate surface area is 243 Å². The third-order valence-corrected chi connectivity index (χ3v) is 6.85. The number of anilines is 2. The topological polar surface area (TPSA) is 149 Å². The number of hydrogen-bond donors (Lipinski definition) is 2. The summed E-state index contributed by atoms with van der Waals surface area (Å²) < 4.78 is 8.93. The van der Waals surface area contributed by atoms with Crippen LogP contribution in [-0.4, -0.2) is 70.8 Å². The number of hydrogen-bond acceptors (Lipinski definition) is 8. The molecule has 13 nitrogen and oxygen atoms in total. The van der Waals surface area contributed by atoms with Crippen molar-refractivity contribution in [3.8, 4) is 5.69 Å². The van der Waals surface area contributed by atoms with Crippen molar-refractivity contribution in [2.75, 3.05) is 23.7 Å². The molecule has 1 aliphatic rings. The van der Waals surface area contributed by atoms with E-state index in [1.165, 1.54) is 0 Å². The van der Waals surface area contributed by atoms with Crippen molar-refractivity contribution in [1.29, 1.82) is 0 Å². The summed E-state index contributed by atoms with van der Waals surface area (Å²) in [4.78, 5) is 54.4. The van der Waals surface area contributed by atoms with Gasteiger partial charge in [0.05, 0.1) is 17.7 Å². The Morgan fingerprint density at radius 1 is 1.02 bits per heavy atom. The molecule has 0 atom stereocenters. The van der Waals surface area contributed by atoms with Crippen molar-refractivity contribution in [2.24, 2.45) is 5.92 Å². The van der Waals surface area contributed by atoms with E-state index in [9.17, 15) is 14.4 Å². The average Bonchev–Trinajstić information content (AvgIpc) is 3.63. The number of likely N-dealkylation sites (tertiary alicyclic amines) is 1. The van der Waals surface area contributed by atoms with E-state index in [1.807, 2.05) is 57.4 Å². The molecule has 4 aromatic rings. The van der Waals surface area contributed by atoms with Gasteiger partial charge >= 0.3 is 6.09 Å². The van der Waals surface area contributed by atoms with Crippen molar-refractivity contribution < 1.29 is 19.1 Å². The molecule has 42 heavy (non-hydrogen) atoms. The Morgan fingerprint density at radius 3 is 2.43 bits per heavy atom. The molecule has 1 aromatic carbocycles. The summed E-state index contributed by atoms with van der Waals surface area (Å²) in [6.45, 7) is 10.2. The molecular formula is C29H35N9O4. The summed E-state index contributed by atoms with van der Waals surface area (Å²) in [5, 5.41) is 9.99. The summed E-state index contributed by atoms with van der Waals surface area (Å²) in [6.07, 6.45) is 5.59. The minimum absolute atomic E-state index is 0.00193. The van der Waals surface area contributed by atoms with E-state index in [2.05, 4.69) is 30.7 Å². The summed E-state index contributed by atoms with van der Waals surface area (Å²) in [5.41, 5.74) is 1.41. The standard InChI is InChI=1S/C29H35N9O4/c1-18(2)37-17-30-22-23(26(40)32-20-9-6-7-10-21(20)38-14-8-13-31-38)33-27(34-24(22)37)35-25(39)19-11-15-36(16-12-19)28(41)42-29(3,4)5/h6-10,13-14,17-19H,11-12,15-16H2,1-5H3,(H,32,40)(H,33,34,35,39). The predicted octanol–water partition coefficient (Wildman–Crippen LogP) is 4.43. The number of benzene rings is 1. The Hall–Kier alpha value is -4.81. The van der Waals surface area contributed by atoms with E-state index in [1.54, 1.807) is 40.4 Å². The van der Waals surface area contributed by atoms with Crippen LogP contribution in [0.4, 0.5) is 16.4 Å². The molecular weight excluding hydrogens is 538 g/mol. The van der Waals surface area contributed by atoms with Crippen LogP contribution in [0, 0.1) is 5.92 Å². The Morgan fingerprint density at radius 2 is 1.76 bits per heavy atom. The number of aromatic nitrogens is 6. The van der Waals surface area contributed by atoms with Gasteiger partial charge in [0, 0.05) is 37.4 Å². The first-order chi connectivity index (χ1) is 20.0. The van der Waals surface area contributed by atoms with Gasteiger partial charge in [0.25, 0.3) is 5.91 Å². The number of rotatable bonds is 6. The number of carbonyl (C=O) groups excluding carboxylic acids is 3. The summed E-state index contributed by atoms with van der Waals surface area (Å²) in [5.74, 6) is -1.12. The molecule has 3 aromatic heterocycles. The van der Waals surface area contributed by atoms with E-state index >= 15 is 0 Å². The third-order valence-electron chi connectivity index (χ3n) is 6.85. The summed E-state index contributed by atoms with van der Waals surface area (Å²) >= 11 is 0. The highest BCUT2D eigenvalue weighted by Crippen LogP contribution is 2.25. The highest BCUT2D eigenvalue weighted by molar-refractivity contribution is 6.10. The van der Waals surface area contributed by atoms with Gasteiger partial charge in [-0.15, -0.1) is 0 Å². The van der Waals surface area contributed by atoms with Crippen molar-refractivity contribution in [3.05, 3.63) is 54.7 Å². The van der Waals surface area contributed by atoms with E-state index < -0.39 is 11.5 Å². The lowest BCUT2D eigenvalue weighted by Gasteiger charge is -2.32. The maximum absolute atomic E-state index is 13.6. The van der Waals surface area contributed by atoms with Crippen LogP contribution < -0.4 is 10.6 Å². The fourth-order valence-corrected chi connectivity index (χ4v) is 4.74. The molecule has 0 bridgehead atoms. The minimum Gasteiger partial charge on any atom is -0.444 e. The molecule has 5 rings (SSSR count). The molecule has 220 valence electrons. The van der Waals surface area contributed by atoms with Crippen LogP contribution in [0.25, 0.3) is 16.9 Å². The van der Waals surface area contributed by atoms with Gasteiger partial charge in [-0.05, 0) is 65.7 Å². The van der Waals surface area contributed by atoms with E-state index in [-0.39, 0.29) is 35.6 Å². The van der Waals surface area contributed by atoms with Gasteiger partial charge in [0.2, 0.25) is 11.9 Å². The number of para-hydroxylation sites is 2. The monoisotopic (exact) mass is 573 g/mol. The zero-order valence-electron chi connectivity index (χ0n) is 24.4. The second-order valence-electron chi connectivity index (χ2n) is 11.5. The Bertz CT molecular complexity index is 1600. The lowest BCUT2D eigenvalue weighted by Crippen LogP contribution is -2.43. The maximum Gasteiger partial charge on any atom is 0.410 e. The van der Waals surface area contributed by atoms with Gasteiger partial charge < -0.3 is 19.5 Å². The van der Waals surface area contributed by atoms with Gasteiger partial charge in [0.1, 0.15) is 11.1 Å². The summed E-state index contributed by atoms with van der Waals surface area (Å²) in [6, 6.07) is 9.07. The first kappa shape index (κ1) is 28.7. The molecule has 13 heteroatoms. The smallest absolute Gasteiger partial charge is 0.410 e. The predicted molar refractivity (Wildman–Crippen MR) is 156 cm³/mol. The quantitative estimate of drug-likeness (QED) is 0.344. The first-order valence-electron chi connectivity index (χ1n) is 13.9. The first-order valence-corrected chi connectivity index (χ1v) is 13.9. The molecule has 0 radical (unpaired) electrons. The molecule has 3 amide bonds. The van der Waals surface area contributed by atoms with Crippen LogP contribution in [0.3, 0.4) is 0 Å². The molecule has 0 aliphatic carbocycles. The number of carbonyl (C=O) groups is 3. The molecule has 1 fully saturated rings. The molecule has 0 unspecified atom stereocenters. The molecule has 4 heterocycles. The van der Waals surface area contributed by atoms with Crippen molar-refractivity contribution in [1.82, 2.24) is 34.2 Å². The fraction of sp³-hybridized carbons (Fsp3) is 0.414. The second kappa shape index (κ2) is 11.6. The zero-order chi connectivity index (χ0) is 30.0. The minimum atomic E-state index is -0.588. The van der Waals surface area contributed by atoms with E-state index in [0.29, 0.717) is 48.5 Å². The normalized spacial score (nSPS) is 14.3. The molecule has 0 spiro atoms. The van der Waals surface area contributed by atoms with Crippen LogP contribution in [0.2, 0.25) is 0 Å². The lowest BCUT2D eigenvalue weighted by molar-refractivity contribution is -0.121. The van der Waals surface area contributed by atoms with E-state index in [4.69, 9.17) is 4.74 Å². The number of imidazole rings is 1. The molecule has 0 saturated carbocycles. The SMILES string of the molecule is CC(C)n1cnc2c(C(=O)Nc3ccccc3-n3cccn3)nc(NC(=O)C3CCN(C(=O)OC(C)(C)C)CC3)nc21. The van der Waals surface area contributed by atoms with Crippen molar-refractivity contribution >= 4 is 40.7 Å². The van der Waals surface area contributed by atoms with Crippen LogP contribution in [-0.2, 0) is 9.53 Å². The highest BCUT2D eigenvalue weighted by atomic mass is 16.6. The fourth-order valence-electron chi connectivity index (χ4n) is 4.74. The highest BCUT2D eigenvalue weighted by Gasteiger charge is 2.31. The zero-order valence-corrected chi connectivity index (χ0v) is 24.4. The van der Waals surface area contributed by atoms with Gasteiger partial charge in [-0.2, -0.15) is 10.1 Å². The molecule has 2 N–H and O–H groups in total. The average molecular weight is 574 g/mol. The van der Waals surface area contributed by atoms with Crippen LogP contribution in [0.1, 0.15) is 64.0 Å². The van der Waals surface area contributed by atoms with Gasteiger partial charge in [0.15, 0.2) is 11.3 Å². The number of ether oxygens (including phenoxy) is 1. The van der Waals surface area contributed by atoms with Crippen molar-refractivity contribution in [2.45, 2.75) is 59.1 Å². The van der Waals surface area contributed by atoms with Crippen LogP contribution in [0.5, 0.6) is 0 Å². The Balaban J connectivity index is 1.37. The summed E-state index contributed by atoms with van der Waals surface area (Å²) in [7, 11) is 0. The number of amides is 3. The third kappa shape index (κ3) is 6.24. The van der Waals surface area contributed by atoms with Gasteiger partial charge in [-0.3, -0.25) is 14.9 Å². The van der Waals surface area contributed by atoms with Crippen LogP contribution in [0.15, 0.2) is 49.1 Å². The molecule has 1 saturated heterocycles. The Kier molecular flexibility index (Phi) is 7.92. The number of piperidine rings is 1. The maximum atomic E-state index is 13.6. The van der Waals surface area contributed by atoms with Gasteiger partial charge in [-0.25, -0.2) is 19.4 Å². The van der Waals surface area contributed by atoms with Crippen LogP contribution >= 0.6 is 0 Å². The van der Waals surface area contributed by atoms with E-state index in [0.717, 1.165) is 0 Å². The largest absolute Gasteiger partial charge is 0.444 e.